The van der Waals surface area contributed by atoms with E-state index in [2.05, 4.69) is 5.32 Å². The van der Waals surface area contributed by atoms with Gasteiger partial charge in [0, 0.05) is 26.1 Å². The van der Waals surface area contributed by atoms with Gasteiger partial charge in [-0.1, -0.05) is 19.1 Å². The third kappa shape index (κ3) is 6.04. The maximum absolute atomic E-state index is 12.9. The lowest BCUT2D eigenvalue weighted by Gasteiger charge is -2.32. The minimum atomic E-state index is -0.306. The Labute approximate surface area is 170 Å². The molecule has 2 amide bonds. The van der Waals surface area contributed by atoms with E-state index in [1.807, 2.05) is 36.1 Å². The molecular weight excluding hydrogens is 371 g/mol. The van der Waals surface area contributed by atoms with Crippen molar-refractivity contribution in [2.75, 3.05) is 13.1 Å². The first-order chi connectivity index (χ1) is 14.0. The summed E-state index contributed by atoms with van der Waals surface area (Å²) in [6.45, 7) is 3.67. The zero-order chi connectivity index (χ0) is 20.6. The van der Waals surface area contributed by atoms with Crippen molar-refractivity contribution in [1.29, 1.82) is 0 Å². The van der Waals surface area contributed by atoms with E-state index in [9.17, 15) is 14.0 Å². The Morgan fingerprint density at radius 3 is 2.41 bits per heavy atom. The fourth-order valence-electron chi connectivity index (χ4n) is 3.44. The number of hydrogen-bond acceptors (Lipinski definition) is 3. The quantitative estimate of drug-likeness (QED) is 0.758. The average molecular weight is 398 g/mol. The zero-order valence-corrected chi connectivity index (χ0v) is 16.7. The lowest BCUT2D eigenvalue weighted by atomic mass is 9.96. The predicted molar refractivity (Wildman–Crippen MR) is 109 cm³/mol. The number of hydrogen-bond donors (Lipinski definition) is 1. The first-order valence-corrected chi connectivity index (χ1v) is 10.1. The summed E-state index contributed by atoms with van der Waals surface area (Å²) in [6.07, 6.45) is 3.04. The molecule has 1 saturated heterocycles. The molecule has 0 unspecified atom stereocenters. The van der Waals surface area contributed by atoms with E-state index in [1.54, 1.807) is 12.1 Å². The van der Waals surface area contributed by atoms with Crippen molar-refractivity contribution in [3.05, 3.63) is 59.9 Å². The molecule has 1 N–H and O–H groups in total. The number of rotatable bonds is 7. The van der Waals surface area contributed by atoms with Crippen LogP contribution in [0.4, 0.5) is 4.39 Å². The topological polar surface area (TPSA) is 58.6 Å². The fraction of sp³-hybridized carbons (Fsp3) is 0.391. The van der Waals surface area contributed by atoms with Crippen molar-refractivity contribution >= 4 is 11.8 Å². The lowest BCUT2D eigenvalue weighted by Crippen LogP contribution is -2.45. The highest BCUT2D eigenvalue weighted by atomic mass is 19.1. The van der Waals surface area contributed by atoms with Crippen LogP contribution in [0.3, 0.4) is 0 Å². The molecule has 2 aromatic carbocycles. The van der Waals surface area contributed by atoms with Crippen LogP contribution in [0.2, 0.25) is 0 Å². The van der Waals surface area contributed by atoms with Gasteiger partial charge in [-0.2, -0.15) is 0 Å². The van der Waals surface area contributed by atoms with Crippen molar-refractivity contribution in [3.63, 3.8) is 0 Å². The van der Waals surface area contributed by atoms with E-state index in [0.717, 1.165) is 31.4 Å². The third-order valence-corrected chi connectivity index (χ3v) is 5.05. The van der Waals surface area contributed by atoms with Crippen LogP contribution in [0, 0.1) is 11.7 Å². The Balaban J connectivity index is 1.48. The second-order valence-electron chi connectivity index (χ2n) is 7.35. The van der Waals surface area contributed by atoms with Gasteiger partial charge in [0.05, 0.1) is 5.92 Å². The van der Waals surface area contributed by atoms with Crippen molar-refractivity contribution in [2.45, 2.75) is 39.2 Å². The normalized spacial score (nSPS) is 16.3. The van der Waals surface area contributed by atoms with E-state index < -0.39 is 0 Å². The first-order valence-electron chi connectivity index (χ1n) is 10.1. The molecule has 1 aliphatic heterocycles. The molecule has 0 spiro atoms. The molecule has 3 rings (SSSR count). The summed E-state index contributed by atoms with van der Waals surface area (Å²) in [5, 5.41) is 2.98. The van der Waals surface area contributed by atoms with Gasteiger partial charge in [0.2, 0.25) is 11.8 Å². The summed E-state index contributed by atoms with van der Waals surface area (Å²) in [5.41, 5.74) is 0.958. The van der Waals surface area contributed by atoms with Gasteiger partial charge in [-0.25, -0.2) is 4.39 Å². The van der Waals surface area contributed by atoms with Crippen LogP contribution < -0.4 is 10.1 Å². The first kappa shape index (κ1) is 20.8. The number of likely N-dealkylation sites (tertiary alicyclic amines) is 1. The van der Waals surface area contributed by atoms with Crippen LogP contribution in [-0.4, -0.2) is 29.8 Å². The highest BCUT2D eigenvalue weighted by molar-refractivity contribution is 5.81. The highest BCUT2D eigenvalue weighted by Gasteiger charge is 2.27. The second kappa shape index (κ2) is 10.0. The van der Waals surface area contributed by atoms with Gasteiger partial charge in [0.1, 0.15) is 17.3 Å². The van der Waals surface area contributed by atoms with E-state index >= 15 is 0 Å². The maximum atomic E-state index is 12.9. The molecule has 2 aromatic rings. The van der Waals surface area contributed by atoms with E-state index in [4.69, 9.17) is 4.74 Å². The summed E-state index contributed by atoms with van der Waals surface area (Å²) in [7, 11) is 0. The van der Waals surface area contributed by atoms with Crippen LogP contribution in [0.25, 0.3) is 0 Å². The summed E-state index contributed by atoms with van der Waals surface area (Å²) in [4.78, 5) is 26.4. The number of halogens is 1. The molecule has 0 aromatic heterocycles. The molecule has 29 heavy (non-hydrogen) atoms. The maximum Gasteiger partial charge on any atom is 0.225 e. The highest BCUT2D eigenvalue weighted by Crippen LogP contribution is 2.22. The molecule has 0 bridgehead atoms. The monoisotopic (exact) mass is 398 g/mol. The van der Waals surface area contributed by atoms with Gasteiger partial charge in [-0.15, -0.1) is 0 Å². The number of ether oxygens (including phenoxy) is 1. The van der Waals surface area contributed by atoms with E-state index in [-0.39, 0.29) is 23.5 Å². The number of carbonyl (C=O) groups is 2. The third-order valence-electron chi connectivity index (χ3n) is 5.05. The van der Waals surface area contributed by atoms with E-state index in [1.165, 1.54) is 12.1 Å². The predicted octanol–water partition coefficient (Wildman–Crippen LogP) is 4.27. The average Bonchev–Trinajstić information content (AvgIpc) is 2.75. The van der Waals surface area contributed by atoms with Gasteiger partial charge in [0.15, 0.2) is 0 Å². The number of nitrogens with one attached hydrogen (secondary N) is 1. The molecular formula is C23H27FN2O3. The van der Waals surface area contributed by atoms with Crippen LogP contribution in [-0.2, 0) is 16.1 Å². The molecule has 154 valence electrons. The summed E-state index contributed by atoms with van der Waals surface area (Å²) in [5.74, 6) is 0.883. The van der Waals surface area contributed by atoms with Gasteiger partial charge < -0.3 is 15.0 Å². The molecule has 0 saturated carbocycles. The van der Waals surface area contributed by atoms with E-state index in [0.29, 0.717) is 31.0 Å². The van der Waals surface area contributed by atoms with Gasteiger partial charge >= 0.3 is 0 Å². The minimum absolute atomic E-state index is 0.00867. The smallest absolute Gasteiger partial charge is 0.225 e. The molecule has 1 fully saturated rings. The minimum Gasteiger partial charge on any atom is -0.457 e. The van der Waals surface area contributed by atoms with Crippen molar-refractivity contribution in [1.82, 2.24) is 10.2 Å². The summed E-state index contributed by atoms with van der Waals surface area (Å²) < 4.78 is 18.6. The molecule has 5 nitrogen and oxygen atoms in total. The van der Waals surface area contributed by atoms with Gasteiger partial charge in [-0.05, 0) is 61.2 Å². The Hall–Kier alpha value is -2.89. The van der Waals surface area contributed by atoms with Crippen LogP contribution in [0.1, 0.15) is 38.2 Å². The standard InChI is InChI=1S/C23H27FN2O3/c1-2-4-22(27)26-14-3-5-18(16-26)23(28)25-15-17-6-10-20(11-7-17)29-21-12-8-19(24)9-13-21/h6-13,18H,2-5,14-16H2,1H3,(H,25,28)/t18-/m0/s1. The summed E-state index contributed by atoms with van der Waals surface area (Å²) >= 11 is 0. The van der Waals surface area contributed by atoms with Crippen LogP contribution >= 0.6 is 0 Å². The zero-order valence-electron chi connectivity index (χ0n) is 16.7. The molecule has 1 aliphatic rings. The van der Waals surface area contributed by atoms with Gasteiger partial charge in [0.25, 0.3) is 0 Å². The van der Waals surface area contributed by atoms with Crippen molar-refractivity contribution < 1.29 is 18.7 Å². The largest absolute Gasteiger partial charge is 0.457 e. The fourth-order valence-corrected chi connectivity index (χ4v) is 3.44. The summed E-state index contributed by atoms with van der Waals surface area (Å²) in [6, 6.07) is 13.2. The number of benzene rings is 2. The molecule has 6 heteroatoms. The number of amides is 2. The van der Waals surface area contributed by atoms with Crippen LogP contribution in [0.15, 0.2) is 48.5 Å². The number of piperidine rings is 1. The Kier molecular flexibility index (Phi) is 7.22. The molecule has 0 aliphatic carbocycles. The Morgan fingerprint density at radius 1 is 1.10 bits per heavy atom. The van der Waals surface area contributed by atoms with Crippen molar-refractivity contribution in [2.24, 2.45) is 5.92 Å². The molecule has 1 heterocycles. The van der Waals surface area contributed by atoms with Crippen LogP contribution in [0.5, 0.6) is 11.5 Å². The lowest BCUT2D eigenvalue weighted by molar-refractivity contribution is -0.135. The molecule has 1 atom stereocenters. The van der Waals surface area contributed by atoms with Crippen molar-refractivity contribution in [3.8, 4) is 11.5 Å². The number of carbonyl (C=O) groups excluding carboxylic acids is 2. The molecule has 0 radical (unpaired) electrons. The number of nitrogens with zero attached hydrogens (tertiary/aromatic N) is 1. The Morgan fingerprint density at radius 2 is 1.76 bits per heavy atom. The second-order valence-corrected chi connectivity index (χ2v) is 7.35. The van der Waals surface area contributed by atoms with Gasteiger partial charge in [-0.3, -0.25) is 9.59 Å². The SMILES string of the molecule is CCCC(=O)N1CCC[C@H](C(=O)NCc2ccc(Oc3ccc(F)cc3)cc2)C1. The Bertz CT molecular complexity index is 821.